The van der Waals surface area contributed by atoms with Crippen LogP contribution in [0.25, 0.3) is 11.3 Å². The van der Waals surface area contributed by atoms with Gasteiger partial charge in [-0.1, -0.05) is 60.7 Å². The molecule has 0 saturated carbocycles. The summed E-state index contributed by atoms with van der Waals surface area (Å²) in [5, 5.41) is 0. The van der Waals surface area contributed by atoms with Crippen molar-refractivity contribution in [2.75, 3.05) is 31.1 Å². The van der Waals surface area contributed by atoms with Gasteiger partial charge in [-0.2, -0.15) is 4.31 Å². The van der Waals surface area contributed by atoms with Crippen LogP contribution in [0.2, 0.25) is 0 Å². The summed E-state index contributed by atoms with van der Waals surface area (Å²) in [6.07, 6.45) is 1.57. The Bertz CT molecular complexity index is 1020. The summed E-state index contributed by atoms with van der Waals surface area (Å²) >= 11 is 0. The average Bonchev–Trinajstić information content (AvgIpc) is 2.75. The van der Waals surface area contributed by atoms with Gasteiger partial charge in [0.15, 0.2) is 0 Å². The van der Waals surface area contributed by atoms with Crippen LogP contribution in [-0.2, 0) is 15.8 Å². The van der Waals surface area contributed by atoms with Crippen molar-refractivity contribution in [3.8, 4) is 11.3 Å². The van der Waals surface area contributed by atoms with Gasteiger partial charge in [-0.05, 0) is 5.56 Å². The van der Waals surface area contributed by atoms with Gasteiger partial charge in [0.05, 0.1) is 11.4 Å². The molecule has 6 nitrogen and oxygen atoms in total. The van der Waals surface area contributed by atoms with E-state index in [-0.39, 0.29) is 5.75 Å². The number of piperazine rings is 1. The van der Waals surface area contributed by atoms with Crippen LogP contribution < -0.4 is 4.90 Å². The number of rotatable bonds is 5. The third kappa shape index (κ3) is 4.21. The summed E-state index contributed by atoms with van der Waals surface area (Å²) < 4.78 is 27.0. The maximum atomic E-state index is 12.7. The van der Waals surface area contributed by atoms with Crippen LogP contribution in [-0.4, -0.2) is 48.9 Å². The lowest BCUT2D eigenvalue weighted by molar-refractivity contribution is 0.383. The van der Waals surface area contributed by atoms with Gasteiger partial charge < -0.3 is 4.90 Å². The number of hydrogen-bond donors (Lipinski definition) is 0. The van der Waals surface area contributed by atoms with E-state index in [2.05, 4.69) is 14.9 Å². The smallest absolute Gasteiger partial charge is 0.218 e. The lowest BCUT2D eigenvalue weighted by Crippen LogP contribution is -2.49. The zero-order valence-electron chi connectivity index (χ0n) is 15.5. The van der Waals surface area contributed by atoms with Crippen LogP contribution in [0.5, 0.6) is 0 Å². The van der Waals surface area contributed by atoms with Crippen LogP contribution in [0.15, 0.2) is 73.1 Å². The minimum atomic E-state index is -3.32. The highest BCUT2D eigenvalue weighted by molar-refractivity contribution is 7.88. The molecular formula is C21H22N4O2S. The molecule has 0 atom stereocenters. The van der Waals surface area contributed by atoms with Gasteiger partial charge in [0.25, 0.3) is 0 Å². The molecule has 2 heterocycles. The fourth-order valence-corrected chi connectivity index (χ4v) is 4.87. The lowest BCUT2D eigenvalue weighted by atomic mass is 10.1. The monoisotopic (exact) mass is 394 g/mol. The van der Waals surface area contributed by atoms with Gasteiger partial charge in [0, 0.05) is 37.8 Å². The van der Waals surface area contributed by atoms with Crippen molar-refractivity contribution in [2.24, 2.45) is 0 Å². The molecule has 0 amide bonds. The molecule has 0 N–H and O–H groups in total. The molecule has 1 fully saturated rings. The molecule has 1 aromatic heterocycles. The standard InChI is InChI=1S/C21H22N4O2S/c26-28(27,16-18-7-3-1-4-8-18)25-13-11-24(12-14-25)21-15-20(22-17-23-21)19-9-5-2-6-10-19/h1-10,15,17H,11-14,16H2. The Morgan fingerprint density at radius 1 is 0.821 bits per heavy atom. The maximum Gasteiger partial charge on any atom is 0.218 e. The normalized spacial score (nSPS) is 15.5. The first-order valence-corrected chi connectivity index (χ1v) is 10.9. The van der Waals surface area contributed by atoms with Gasteiger partial charge >= 0.3 is 0 Å². The Balaban J connectivity index is 1.43. The summed E-state index contributed by atoms with van der Waals surface area (Å²) in [6, 6.07) is 21.2. The maximum absolute atomic E-state index is 12.7. The van der Waals surface area contributed by atoms with E-state index in [1.807, 2.05) is 66.7 Å². The van der Waals surface area contributed by atoms with Crippen molar-refractivity contribution in [3.63, 3.8) is 0 Å². The van der Waals surface area contributed by atoms with Crippen LogP contribution in [0.4, 0.5) is 5.82 Å². The van der Waals surface area contributed by atoms with E-state index in [0.29, 0.717) is 26.2 Å². The number of sulfonamides is 1. The highest BCUT2D eigenvalue weighted by Crippen LogP contribution is 2.22. The first-order valence-electron chi connectivity index (χ1n) is 9.26. The van der Waals surface area contributed by atoms with E-state index in [9.17, 15) is 8.42 Å². The topological polar surface area (TPSA) is 66.4 Å². The Kier molecular flexibility index (Phi) is 5.36. The van der Waals surface area contributed by atoms with Crippen molar-refractivity contribution in [1.82, 2.24) is 14.3 Å². The van der Waals surface area contributed by atoms with Crippen molar-refractivity contribution in [2.45, 2.75) is 5.75 Å². The van der Waals surface area contributed by atoms with Crippen LogP contribution >= 0.6 is 0 Å². The molecule has 2 aromatic carbocycles. The summed E-state index contributed by atoms with van der Waals surface area (Å²) in [7, 11) is -3.32. The fraction of sp³-hybridized carbons (Fsp3) is 0.238. The number of aromatic nitrogens is 2. The second kappa shape index (κ2) is 8.08. The number of benzene rings is 2. The van der Waals surface area contributed by atoms with Gasteiger partial charge in [-0.3, -0.25) is 0 Å². The van der Waals surface area contributed by atoms with E-state index in [1.165, 1.54) is 0 Å². The number of nitrogens with zero attached hydrogens (tertiary/aromatic N) is 4. The molecule has 3 aromatic rings. The Hall–Kier alpha value is -2.77. The highest BCUT2D eigenvalue weighted by Gasteiger charge is 2.27. The van der Waals surface area contributed by atoms with Crippen molar-refractivity contribution in [1.29, 1.82) is 0 Å². The van der Waals surface area contributed by atoms with Crippen LogP contribution in [0.1, 0.15) is 5.56 Å². The molecule has 1 aliphatic heterocycles. The minimum Gasteiger partial charge on any atom is -0.354 e. The van der Waals surface area contributed by atoms with E-state index in [1.54, 1.807) is 10.6 Å². The van der Waals surface area contributed by atoms with Gasteiger partial charge in [-0.15, -0.1) is 0 Å². The predicted octanol–water partition coefficient (Wildman–Crippen LogP) is 2.80. The van der Waals surface area contributed by atoms with Gasteiger partial charge in [0.1, 0.15) is 12.1 Å². The Morgan fingerprint density at radius 3 is 2.14 bits per heavy atom. The number of hydrogen-bond acceptors (Lipinski definition) is 5. The molecule has 0 unspecified atom stereocenters. The second-order valence-corrected chi connectivity index (χ2v) is 8.72. The predicted molar refractivity (Wildman–Crippen MR) is 110 cm³/mol. The zero-order valence-corrected chi connectivity index (χ0v) is 16.3. The summed E-state index contributed by atoms with van der Waals surface area (Å²) in [6.45, 7) is 2.14. The summed E-state index contributed by atoms with van der Waals surface area (Å²) in [4.78, 5) is 10.9. The molecule has 28 heavy (non-hydrogen) atoms. The summed E-state index contributed by atoms with van der Waals surface area (Å²) in [5.41, 5.74) is 2.72. The first kappa shape index (κ1) is 18.6. The Morgan fingerprint density at radius 2 is 1.46 bits per heavy atom. The molecule has 0 bridgehead atoms. The molecule has 1 aliphatic rings. The van der Waals surface area contributed by atoms with E-state index in [0.717, 1.165) is 22.6 Å². The van der Waals surface area contributed by atoms with Crippen molar-refractivity contribution >= 4 is 15.8 Å². The third-order valence-corrected chi connectivity index (χ3v) is 6.72. The van der Waals surface area contributed by atoms with Gasteiger partial charge in [-0.25, -0.2) is 18.4 Å². The highest BCUT2D eigenvalue weighted by atomic mass is 32.2. The molecule has 0 radical (unpaired) electrons. The largest absolute Gasteiger partial charge is 0.354 e. The van der Waals surface area contributed by atoms with E-state index in [4.69, 9.17) is 0 Å². The van der Waals surface area contributed by atoms with Crippen LogP contribution in [0.3, 0.4) is 0 Å². The zero-order chi connectivity index (χ0) is 19.4. The second-order valence-electron chi connectivity index (χ2n) is 6.76. The molecular weight excluding hydrogens is 372 g/mol. The third-order valence-electron chi connectivity index (χ3n) is 4.87. The Labute approximate surface area is 165 Å². The minimum absolute atomic E-state index is 0.0412. The molecule has 4 rings (SSSR count). The van der Waals surface area contributed by atoms with Gasteiger partial charge in [0.2, 0.25) is 10.0 Å². The molecule has 0 spiro atoms. The van der Waals surface area contributed by atoms with E-state index < -0.39 is 10.0 Å². The van der Waals surface area contributed by atoms with Crippen LogP contribution in [0, 0.1) is 0 Å². The molecule has 1 saturated heterocycles. The van der Waals surface area contributed by atoms with Crippen molar-refractivity contribution < 1.29 is 8.42 Å². The first-order chi connectivity index (χ1) is 13.6. The quantitative estimate of drug-likeness (QED) is 0.666. The SMILES string of the molecule is O=S(=O)(Cc1ccccc1)N1CCN(c2cc(-c3ccccc3)ncn2)CC1. The molecule has 0 aliphatic carbocycles. The lowest BCUT2D eigenvalue weighted by Gasteiger charge is -2.34. The number of anilines is 1. The van der Waals surface area contributed by atoms with Crippen molar-refractivity contribution in [3.05, 3.63) is 78.6 Å². The summed E-state index contributed by atoms with van der Waals surface area (Å²) in [5.74, 6) is 0.869. The van der Waals surface area contributed by atoms with E-state index >= 15 is 0 Å². The average molecular weight is 395 g/mol. The molecule has 144 valence electrons. The fourth-order valence-electron chi connectivity index (χ4n) is 3.36. The molecule has 7 heteroatoms.